The summed E-state index contributed by atoms with van der Waals surface area (Å²) < 4.78 is 26.0. The molecule has 2 aromatic carbocycles. The van der Waals surface area contributed by atoms with Gasteiger partial charge in [0.1, 0.15) is 11.6 Å². The van der Waals surface area contributed by atoms with E-state index in [1.807, 2.05) is 6.07 Å². The Hall–Kier alpha value is -2.94. The minimum absolute atomic E-state index is 0.122. The van der Waals surface area contributed by atoms with Crippen LogP contribution in [0.4, 0.5) is 20.2 Å². The van der Waals surface area contributed by atoms with Crippen molar-refractivity contribution in [1.29, 1.82) is 5.26 Å². The largest absolute Gasteiger partial charge is 0.376 e. The summed E-state index contributed by atoms with van der Waals surface area (Å²) in [6.07, 6.45) is 0.306. The number of nitriles is 1. The van der Waals surface area contributed by atoms with Crippen LogP contribution in [0.2, 0.25) is 0 Å². The smallest absolute Gasteiger partial charge is 0.243 e. The van der Waals surface area contributed by atoms with Crippen LogP contribution in [0.1, 0.15) is 5.56 Å². The van der Waals surface area contributed by atoms with Gasteiger partial charge in [-0.1, -0.05) is 12.1 Å². The lowest BCUT2D eigenvalue weighted by Crippen LogP contribution is -2.21. The lowest BCUT2D eigenvalue weighted by Gasteiger charge is -2.08. The summed E-state index contributed by atoms with van der Waals surface area (Å²) in [7, 11) is 0. The minimum Gasteiger partial charge on any atom is -0.376 e. The number of anilines is 2. The first kappa shape index (κ1) is 15.4. The lowest BCUT2D eigenvalue weighted by atomic mass is 10.1. The van der Waals surface area contributed by atoms with E-state index in [2.05, 4.69) is 10.6 Å². The summed E-state index contributed by atoms with van der Waals surface area (Å²) in [6.45, 7) is -0.122. The summed E-state index contributed by atoms with van der Waals surface area (Å²) >= 11 is 0. The lowest BCUT2D eigenvalue weighted by molar-refractivity contribution is -0.114. The molecule has 2 N–H and O–H groups in total. The van der Waals surface area contributed by atoms with Crippen LogP contribution in [0, 0.1) is 23.0 Å². The maximum absolute atomic E-state index is 13.0. The molecule has 6 heteroatoms. The molecule has 22 heavy (non-hydrogen) atoms. The molecule has 0 aliphatic rings. The highest BCUT2D eigenvalue weighted by atomic mass is 19.1. The topological polar surface area (TPSA) is 64.9 Å². The van der Waals surface area contributed by atoms with Crippen LogP contribution in [0.5, 0.6) is 0 Å². The Bertz CT molecular complexity index is 688. The average molecular weight is 301 g/mol. The van der Waals surface area contributed by atoms with Crippen molar-refractivity contribution in [3.8, 4) is 6.07 Å². The van der Waals surface area contributed by atoms with Gasteiger partial charge < -0.3 is 10.6 Å². The van der Waals surface area contributed by atoms with Crippen molar-refractivity contribution in [2.75, 3.05) is 17.2 Å². The highest BCUT2D eigenvalue weighted by Gasteiger charge is 2.05. The molecular formula is C16H13F2N3O. The summed E-state index contributed by atoms with van der Waals surface area (Å²) in [5.74, 6) is -1.77. The van der Waals surface area contributed by atoms with E-state index in [-0.39, 0.29) is 18.1 Å². The van der Waals surface area contributed by atoms with Gasteiger partial charge in [-0.2, -0.15) is 5.26 Å². The molecule has 0 heterocycles. The monoisotopic (exact) mass is 301 g/mol. The Morgan fingerprint density at radius 3 is 2.27 bits per heavy atom. The Labute approximate surface area is 126 Å². The summed E-state index contributed by atoms with van der Waals surface area (Å²) in [5, 5.41) is 13.9. The quantitative estimate of drug-likeness (QED) is 0.892. The molecule has 112 valence electrons. The van der Waals surface area contributed by atoms with E-state index in [0.29, 0.717) is 12.1 Å². The standard InChI is InChI=1S/C16H13F2N3O/c17-12-7-13(18)9-15(8-12)20-10-16(22)21-14-3-1-11(2-4-14)5-6-19/h1-4,7-9,20H,5,10H2,(H,21,22). The second kappa shape index (κ2) is 7.18. The number of rotatable bonds is 5. The molecule has 0 bridgehead atoms. The van der Waals surface area contributed by atoms with Crippen molar-refractivity contribution < 1.29 is 13.6 Å². The molecule has 0 saturated carbocycles. The van der Waals surface area contributed by atoms with Crippen molar-refractivity contribution in [3.63, 3.8) is 0 Å². The normalized spacial score (nSPS) is 9.86. The van der Waals surface area contributed by atoms with Gasteiger partial charge in [0.15, 0.2) is 0 Å². The van der Waals surface area contributed by atoms with Gasteiger partial charge in [0.25, 0.3) is 0 Å². The molecule has 0 aliphatic carbocycles. The predicted molar refractivity (Wildman–Crippen MR) is 79.2 cm³/mol. The zero-order chi connectivity index (χ0) is 15.9. The molecule has 2 rings (SSSR count). The number of carbonyl (C=O) groups is 1. The Balaban J connectivity index is 1.88. The molecule has 0 aliphatic heterocycles. The number of hydrogen-bond acceptors (Lipinski definition) is 3. The molecule has 0 radical (unpaired) electrons. The molecule has 0 spiro atoms. The van der Waals surface area contributed by atoms with Gasteiger partial charge in [0.05, 0.1) is 19.0 Å². The molecule has 4 nitrogen and oxygen atoms in total. The zero-order valence-corrected chi connectivity index (χ0v) is 11.6. The highest BCUT2D eigenvalue weighted by molar-refractivity contribution is 5.93. The third-order valence-electron chi connectivity index (χ3n) is 2.84. The number of nitrogens with zero attached hydrogens (tertiary/aromatic N) is 1. The van der Waals surface area contributed by atoms with E-state index in [4.69, 9.17) is 5.26 Å². The fourth-order valence-electron chi connectivity index (χ4n) is 1.84. The number of nitrogens with one attached hydrogen (secondary N) is 2. The van der Waals surface area contributed by atoms with Crippen molar-refractivity contribution in [1.82, 2.24) is 0 Å². The second-order valence-corrected chi connectivity index (χ2v) is 4.59. The third kappa shape index (κ3) is 4.56. The Kier molecular flexibility index (Phi) is 5.04. The number of benzene rings is 2. The van der Waals surface area contributed by atoms with Gasteiger partial charge >= 0.3 is 0 Å². The maximum Gasteiger partial charge on any atom is 0.243 e. The van der Waals surface area contributed by atoms with Crippen LogP contribution in [-0.2, 0) is 11.2 Å². The van der Waals surface area contributed by atoms with E-state index >= 15 is 0 Å². The second-order valence-electron chi connectivity index (χ2n) is 4.59. The number of carbonyl (C=O) groups excluding carboxylic acids is 1. The van der Waals surface area contributed by atoms with Crippen molar-refractivity contribution in [2.45, 2.75) is 6.42 Å². The number of halogens is 2. The van der Waals surface area contributed by atoms with Gasteiger partial charge in [-0.15, -0.1) is 0 Å². The molecular weight excluding hydrogens is 288 g/mol. The molecule has 0 saturated heterocycles. The van der Waals surface area contributed by atoms with Gasteiger partial charge in [-0.25, -0.2) is 8.78 Å². The highest BCUT2D eigenvalue weighted by Crippen LogP contribution is 2.13. The van der Waals surface area contributed by atoms with Crippen LogP contribution >= 0.6 is 0 Å². The van der Waals surface area contributed by atoms with Crippen LogP contribution in [-0.4, -0.2) is 12.5 Å². The van der Waals surface area contributed by atoms with Crippen molar-refractivity contribution >= 4 is 17.3 Å². The van der Waals surface area contributed by atoms with E-state index < -0.39 is 11.6 Å². The summed E-state index contributed by atoms with van der Waals surface area (Å²) in [6, 6.07) is 11.9. The first-order chi connectivity index (χ1) is 10.6. The molecule has 0 atom stereocenters. The SMILES string of the molecule is N#CCc1ccc(NC(=O)CNc2cc(F)cc(F)c2)cc1. The Morgan fingerprint density at radius 2 is 1.68 bits per heavy atom. The summed E-state index contributed by atoms with van der Waals surface area (Å²) in [4.78, 5) is 11.8. The first-order valence-electron chi connectivity index (χ1n) is 6.52. The maximum atomic E-state index is 13.0. The van der Waals surface area contributed by atoms with Crippen LogP contribution in [0.3, 0.4) is 0 Å². The molecule has 1 amide bonds. The Morgan fingerprint density at radius 1 is 1.05 bits per heavy atom. The van der Waals surface area contributed by atoms with Crippen molar-refractivity contribution in [3.05, 3.63) is 59.7 Å². The molecule has 0 aromatic heterocycles. The van der Waals surface area contributed by atoms with Crippen molar-refractivity contribution in [2.24, 2.45) is 0 Å². The fourth-order valence-corrected chi connectivity index (χ4v) is 1.84. The fraction of sp³-hybridized carbons (Fsp3) is 0.125. The molecule has 0 unspecified atom stereocenters. The number of hydrogen-bond donors (Lipinski definition) is 2. The van der Waals surface area contributed by atoms with Crippen LogP contribution in [0.25, 0.3) is 0 Å². The van der Waals surface area contributed by atoms with E-state index in [1.165, 1.54) is 0 Å². The molecule has 2 aromatic rings. The van der Waals surface area contributed by atoms with Crippen LogP contribution in [0.15, 0.2) is 42.5 Å². The van der Waals surface area contributed by atoms with Gasteiger partial charge in [-0.3, -0.25) is 4.79 Å². The van der Waals surface area contributed by atoms with E-state index in [1.54, 1.807) is 24.3 Å². The number of amides is 1. The van der Waals surface area contributed by atoms with Crippen LogP contribution < -0.4 is 10.6 Å². The first-order valence-corrected chi connectivity index (χ1v) is 6.52. The average Bonchev–Trinajstić information content (AvgIpc) is 2.47. The molecule has 0 fully saturated rings. The van der Waals surface area contributed by atoms with Gasteiger partial charge in [0, 0.05) is 17.4 Å². The van der Waals surface area contributed by atoms with Gasteiger partial charge in [-0.05, 0) is 29.8 Å². The summed E-state index contributed by atoms with van der Waals surface area (Å²) in [5.41, 5.74) is 1.63. The van der Waals surface area contributed by atoms with E-state index in [0.717, 1.165) is 23.8 Å². The third-order valence-corrected chi connectivity index (χ3v) is 2.84. The van der Waals surface area contributed by atoms with Gasteiger partial charge in [0.2, 0.25) is 5.91 Å². The predicted octanol–water partition coefficient (Wildman–Crippen LogP) is 3.08. The minimum atomic E-state index is -0.712. The zero-order valence-electron chi connectivity index (χ0n) is 11.6. The van der Waals surface area contributed by atoms with E-state index in [9.17, 15) is 13.6 Å².